The van der Waals surface area contributed by atoms with Gasteiger partial charge in [0.15, 0.2) is 0 Å². The zero-order valence-corrected chi connectivity index (χ0v) is 8.92. The molecular formula is C10H16N4O. The Morgan fingerprint density at radius 3 is 2.93 bits per heavy atom. The zero-order valence-electron chi connectivity index (χ0n) is 8.92. The van der Waals surface area contributed by atoms with Crippen molar-refractivity contribution in [2.75, 3.05) is 20.1 Å². The van der Waals surface area contributed by atoms with Gasteiger partial charge in [-0.05, 0) is 13.5 Å². The van der Waals surface area contributed by atoms with Crippen LogP contribution in [0.25, 0.3) is 0 Å². The summed E-state index contributed by atoms with van der Waals surface area (Å²) in [5.41, 5.74) is 7.21. The van der Waals surface area contributed by atoms with Crippen molar-refractivity contribution >= 4 is 0 Å². The monoisotopic (exact) mass is 208 g/mol. The lowest BCUT2D eigenvalue weighted by atomic mass is 10.1. The summed E-state index contributed by atoms with van der Waals surface area (Å²) in [7, 11) is 2.06. The molecule has 15 heavy (non-hydrogen) atoms. The number of aromatic amines is 1. The van der Waals surface area contributed by atoms with Crippen molar-refractivity contribution in [1.82, 2.24) is 14.9 Å². The summed E-state index contributed by atoms with van der Waals surface area (Å²) in [5.74, 6) is 0.586. The summed E-state index contributed by atoms with van der Waals surface area (Å²) in [6.45, 7) is 2.16. The number of H-pyrrole nitrogens is 1. The van der Waals surface area contributed by atoms with Gasteiger partial charge in [0.2, 0.25) is 0 Å². The molecule has 0 atom stereocenters. The number of fused-ring (bicyclic) bond motifs is 1. The van der Waals surface area contributed by atoms with Gasteiger partial charge in [0, 0.05) is 25.1 Å². The Bertz CT molecular complexity index is 412. The molecule has 1 aromatic rings. The van der Waals surface area contributed by atoms with Gasteiger partial charge < -0.3 is 15.6 Å². The average Bonchev–Trinajstić information content (AvgIpc) is 2.41. The Kier molecular flexibility index (Phi) is 2.83. The Labute approximate surface area is 88.3 Å². The molecule has 0 amide bonds. The molecule has 0 aliphatic carbocycles. The quantitative estimate of drug-likeness (QED) is 0.637. The van der Waals surface area contributed by atoms with Crippen LogP contribution in [0.15, 0.2) is 4.79 Å². The molecule has 0 radical (unpaired) electrons. The number of aromatic nitrogens is 2. The van der Waals surface area contributed by atoms with Gasteiger partial charge in [0.05, 0.1) is 12.2 Å². The highest BCUT2D eigenvalue weighted by molar-refractivity contribution is 5.20. The van der Waals surface area contributed by atoms with Crippen LogP contribution in [0, 0.1) is 0 Å². The van der Waals surface area contributed by atoms with E-state index in [2.05, 4.69) is 21.9 Å². The molecule has 0 fully saturated rings. The van der Waals surface area contributed by atoms with Gasteiger partial charge in [-0.2, -0.15) is 0 Å². The van der Waals surface area contributed by atoms with E-state index in [0.717, 1.165) is 37.2 Å². The normalized spacial score (nSPS) is 17.2. The van der Waals surface area contributed by atoms with Gasteiger partial charge in [-0.15, -0.1) is 0 Å². The molecule has 82 valence electrons. The number of hydrogen-bond donors (Lipinski definition) is 2. The first-order chi connectivity index (χ1) is 7.20. The number of nitrogens with zero attached hydrogens (tertiary/aromatic N) is 2. The summed E-state index contributed by atoms with van der Waals surface area (Å²) in [5, 5.41) is 0. The topological polar surface area (TPSA) is 75.0 Å². The van der Waals surface area contributed by atoms with E-state index >= 15 is 0 Å². The third-order valence-corrected chi connectivity index (χ3v) is 2.82. The van der Waals surface area contributed by atoms with Gasteiger partial charge in [-0.3, -0.25) is 4.79 Å². The van der Waals surface area contributed by atoms with Gasteiger partial charge in [-0.25, -0.2) is 4.98 Å². The van der Waals surface area contributed by atoms with Crippen molar-refractivity contribution in [3.63, 3.8) is 0 Å². The zero-order chi connectivity index (χ0) is 10.8. The lowest BCUT2D eigenvalue weighted by Crippen LogP contribution is -2.22. The van der Waals surface area contributed by atoms with Crippen LogP contribution in [0.2, 0.25) is 0 Å². The molecule has 0 bridgehead atoms. The standard InChI is InChI=1S/C10H16N4O/c1-14-4-2-7-8(3-5-14)12-9(6-11)13-10(7)15/h2-6,11H2,1H3,(H,12,13,15). The summed E-state index contributed by atoms with van der Waals surface area (Å²) in [4.78, 5) is 21.0. The molecule has 1 aliphatic heterocycles. The number of likely N-dealkylation sites (N-methyl/N-ethyl adjacent to an activating group) is 1. The molecule has 0 saturated heterocycles. The fourth-order valence-electron chi connectivity index (χ4n) is 1.87. The van der Waals surface area contributed by atoms with E-state index in [1.165, 1.54) is 0 Å². The third kappa shape index (κ3) is 2.08. The summed E-state index contributed by atoms with van der Waals surface area (Å²) in [6, 6.07) is 0. The Morgan fingerprint density at radius 1 is 1.47 bits per heavy atom. The highest BCUT2D eigenvalue weighted by Gasteiger charge is 2.15. The molecule has 0 unspecified atom stereocenters. The molecule has 2 rings (SSSR count). The second-order valence-electron chi connectivity index (χ2n) is 3.95. The van der Waals surface area contributed by atoms with Crippen LogP contribution in [0.3, 0.4) is 0 Å². The average molecular weight is 208 g/mol. The van der Waals surface area contributed by atoms with Crippen LogP contribution in [0.5, 0.6) is 0 Å². The predicted molar refractivity (Wildman–Crippen MR) is 57.7 cm³/mol. The van der Waals surface area contributed by atoms with Crippen LogP contribution in [-0.4, -0.2) is 35.0 Å². The predicted octanol–water partition coefficient (Wildman–Crippen LogP) is -0.741. The maximum absolute atomic E-state index is 11.7. The minimum Gasteiger partial charge on any atom is -0.324 e. The van der Waals surface area contributed by atoms with Gasteiger partial charge in [0.25, 0.3) is 5.56 Å². The van der Waals surface area contributed by atoms with Crippen molar-refractivity contribution in [3.8, 4) is 0 Å². The van der Waals surface area contributed by atoms with Crippen molar-refractivity contribution in [1.29, 1.82) is 0 Å². The number of hydrogen-bond acceptors (Lipinski definition) is 4. The van der Waals surface area contributed by atoms with E-state index < -0.39 is 0 Å². The molecule has 0 saturated carbocycles. The van der Waals surface area contributed by atoms with E-state index in [4.69, 9.17) is 5.73 Å². The highest BCUT2D eigenvalue weighted by atomic mass is 16.1. The number of nitrogens with two attached hydrogens (primary N) is 1. The molecule has 0 aromatic carbocycles. The summed E-state index contributed by atoms with van der Waals surface area (Å²) in [6.07, 6.45) is 1.61. The lowest BCUT2D eigenvalue weighted by Gasteiger charge is -2.10. The SMILES string of the molecule is CN1CCc2nc(CN)[nH]c(=O)c2CC1. The molecule has 1 aliphatic rings. The second kappa shape index (κ2) is 4.12. The van der Waals surface area contributed by atoms with Crippen LogP contribution >= 0.6 is 0 Å². The van der Waals surface area contributed by atoms with E-state index in [0.29, 0.717) is 12.4 Å². The fourth-order valence-corrected chi connectivity index (χ4v) is 1.87. The van der Waals surface area contributed by atoms with Crippen LogP contribution < -0.4 is 11.3 Å². The maximum atomic E-state index is 11.7. The summed E-state index contributed by atoms with van der Waals surface area (Å²) >= 11 is 0. The largest absolute Gasteiger partial charge is 0.324 e. The highest BCUT2D eigenvalue weighted by Crippen LogP contribution is 2.08. The van der Waals surface area contributed by atoms with Gasteiger partial charge >= 0.3 is 0 Å². The van der Waals surface area contributed by atoms with Crippen molar-refractivity contribution < 1.29 is 0 Å². The molecule has 2 heterocycles. The first-order valence-electron chi connectivity index (χ1n) is 5.20. The van der Waals surface area contributed by atoms with E-state index in [1.807, 2.05) is 0 Å². The minimum atomic E-state index is -0.0178. The first kappa shape index (κ1) is 10.3. The molecule has 5 nitrogen and oxygen atoms in total. The molecule has 5 heteroatoms. The van der Waals surface area contributed by atoms with Crippen LogP contribution in [-0.2, 0) is 19.4 Å². The van der Waals surface area contributed by atoms with Crippen molar-refractivity contribution in [3.05, 3.63) is 27.4 Å². The molecule has 0 spiro atoms. The van der Waals surface area contributed by atoms with Crippen molar-refractivity contribution in [2.24, 2.45) is 5.73 Å². The van der Waals surface area contributed by atoms with Gasteiger partial charge in [0.1, 0.15) is 5.82 Å². The maximum Gasteiger partial charge on any atom is 0.254 e. The first-order valence-corrected chi connectivity index (χ1v) is 5.20. The third-order valence-electron chi connectivity index (χ3n) is 2.82. The second-order valence-corrected chi connectivity index (χ2v) is 3.95. The Hall–Kier alpha value is -1.20. The summed E-state index contributed by atoms with van der Waals surface area (Å²) < 4.78 is 0. The van der Waals surface area contributed by atoms with E-state index in [-0.39, 0.29) is 5.56 Å². The van der Waals surface area contributed by atoms with Crippen LogP contribution in [0.1, 0.15) is 17.1 Å². The van der Waals surface area contributed by atoms with E-state index in [1.54, 1.807) is 0 Å². The fraction of sp³-hybridized carbons (Fsp3) is 0.600. The lowest BCUT2D eigenvalue weighted by molar-refractivity contribution is 0.351. The van der Waals surface area contributed by atoms with E-state index in [9.17, 15) is 4.79 Å². The number of nitrogens with one attached hydrogen (secondary N) is 1. The Balaban J connectivity index is 2.43. The van der Waals surface area contributed by atoms with Gasteiger partial charge in [-0.1, -0.05) is 0 Å². The molecule has 1 aromatic heterocycles. The minimum absolute atomic E-state index is 0.0178. The number of rotatable bonds is 1. The van der Waals surface area contributed by atoms with Crippen molar-refractivity contribution in [2.45, 2.75) is 19.4 Å². The molecule has 3 N–H and O–H groups in total. The van der Waals surface area contributed by atoms with Crippen LogP contribution in [0.4, 0.5) is 0 Å². The smallest absolute Gasteiger partial charge is 0.254 e. The Morgan fingerprint density at radius 2 is 2.20 bits per heavy atom. The molecular weight excluding hydrogens is 192 g/mol.